The van der Waals surface area contributed by atoms with Gasteiger partial charge in [0, 0.05) is 56.9 Å². The van der Waals surface area contributed by atoms with Crippen LogP contribution in [-0.2, 0) is 9.53 Å². The first-order valence-corrected chi connectivity index (χ1v) is 9.02. The third-order valence-corrected chi connectivity index (χ3v) is 5.45. The standard InChI is InChI=1S/C19H27N3O3/c1-15(23)16-4-5-17(20-12-16)21-9-3-7-19(13-21)8-6-18(24)22(14-19)10-11-25-2/h4-5,12H,3,6-11,13-14H2,1-2H3. The van der Waals surface area contributed by atoms with Crippen LogP contribution in [0.3, 0.4) is 0 Å². The quantitative estimate of drug-likeness (QED) is 0.765. The maximum Gasteiger partial charge on any atom is 0.222 e. The lowest BCUT2D eigenvalue weighted by molar-refractivity contribution is -0.138. The molecule has 0 aliphatic carbocycles. The minimum atomic E-state index is 0.0359. The number of carbonyl (C=O) groups excluding carboxylic acids is 2. The number of hydrogen-bond acceptors (Lipinski definition) is 5. The van der Waals surface area contributed by atoms with E-state index in [4.69, 9.17) is 4.74 Å². The summed E-state index contributed by atoms with van der Waals surface area (Å²) in [4.78, 5) is 32.4. The van der Waals surface area contributed by atoms with Crippen LogP contribution < -0.4 is 4.90 Å². The largest absolute Gasteiger partial charge is 0.383 e. The van der Waals surface area contributed by atoms with Gasteiger partial charge in [0.15, 0.2) is 5.78 Å². The molecule has 25 heavy (non-hydrogen) atoms. The van der Waals surface area contributed by atoms with Gasteiger partial charge in [0.2, 0.25) is 5.91 Å². The summed E-state index contributed by atoms with van der Waals surface area (Å²) in [5.41, 5.74) is 0.783. The van der Waals surface area contributed by atoms with Gasteiger partial charge in [-0.1, -0.05) is 0 Å². The molecule has 3 heterocycles. The number of anilines is 1. The third kappa shape index (κ3) is 4.00. The fourth-order valence-corrected chi connectivity index (χ4v) is 4.03. The molecular weight excluding hydrogens is 318 g/mol. The Morgan fingerprint density at radius 1 is 1.32 bits per heavy atom. The van der Waals surface area contributed by atoms with Crippen molar-refractivity contribution in [1.82, 2.24) is 9.88 Å². The molecule has 1 amide bonds. The van der Waals surface area contributed by atoms with Crippen LogP contribution in [0.25, 0.3) is 0 Å². The number of hydrogen-bond donors (Lipinski definition) is 0. The smallest absolute Gasteiger partial charge is 0.222 e. The average Bonchev–Trinajstić information content (AvgIpc) is 2.63. The van der Waals surface area contributed by atoms with E-state index in [-0.39, 0.29) is 17.1 Å². The summed E-state index contributed by atoms with van der Waals surface area (Å²) in [5.74, 6) is 1.20. The third-order valence-electron chi connectivity index (χ3n) is 5.45. The van der Waals surface area contributed by atoms with E-state index in [1.807, 2.05) is 17.0 Å². The van der Waals surface area contributed by atoms with E-state index in [9.17, 15) is 9.59 Å². The molecule has 3 rings (SSSR count). The number of nitrogens with zero attached hydrogens (tertiary/aromatic N) is 3. The van der Waals surface area contributed by atoms with Crippen molar-refractivity contribution in [2.24, 2.45) is 5.41 Å². The van der Waals surface area contributed by atoms with Crippen LogP contribution in [0.1, 0.15) is 43.0 Å². The molecule has 0 saturated carbocycles. The summed E-state index contributed by atoms with van der Waals surface area (Å²) in [6, 6.07) is 3.79. The van der Waals surface area contributed by atoms with Crippen molar-refractivity contribution >= 4 is 17.5 Å². The second kappa shape index (κ2) is 7.52. The Balaban J connectivity index is 1.71. The van der Waals surface area contributed by atoms with E-state index in [0.29, 0.717) is 25.1 Å². The highest BCUT2D eigenvalue weighted by Gasteiger charge is 2.41. The molecule has 1 aromatic rings. The molecule has 1 aromatic heterocycles. The van der Waals surface area contributed by atoms with E-state index >= 15 is 0 Å². The van der Waals surface area contributed by atoms with E-state index in [1.165, 1.54) is 0 Å². The van der Waals surface area contributed by atoms with Gasteiger partial charge in [-0.15, -0.1) is 0 Å². The zero-order valence-electron chi connectivity index (χ0n) is 15.2. The highest BCUT2D eigenvalue weighted by atomic mass is 16.5. The van der Waals surface area contributed by atoms with Gasteiger partial charge in [-0.3, -0.25) is 9.59 Å². The highest BCUT2D eigenvalue weighted by Crippen LogP contribution is 2.39. The first-order chi connectivity index (χ1) is 12.0. The Hall–Kier alpha value is -1.95. The minimum absolute atomic E-state index is 0.0359. The second-order valence-electron chi connectivity index (χ2n) is 7.29. The van der Waals surface area contributed by atoms with Crippen molar-refractivity contribution in [3.05, 3.63) is 23.9 Å². The zero-order chi connectivity index (χ0) is 17.9. The number of carbonyl (C=O) groups is 2. The number of ketones is 1. The lowest BCUT2D eigenvalue weighted by atomic mass is 9.73. The van der Waals surface area contributed by atoms with Gasteiger partial charge in [0.05, 0.1) is 6.61 Å². The first kappa shape index (κ1) is 17.9. The molecule has 0 bridgehead atoms. The summed E-state index contributed by atoms with van der Waals surface area (Å²) < 4.78 is 5.15. The van der Waals surface area contributed by atoms with E-state index < -0.39 is 0 Å². The highest BCUT2D eigenvalue weighted by molar-refractivity contribution is 5.93. The van der Waals surface area contributed by atoms with Crippen molar-refractivity contribution in [2.45, 2.75) is 32.6 Å². The number of likely N-dealkylation sites (tertiary alicyclic amines) is 1. The summed E-state index contributed by atoms with van der Waals surface area (Å²) in [6.45, 7) is 5.50. The van der Waals surface area contributed by atoms with E-state index in [0.717, 1.165) is 44.7 Å². The van der Waals surface area contributed by atoms with Gasteiger partial charge >= 0.3 is 0 Å². The van der Waals surface area contributed by atoms with Crippen LogP contribution >= 0.6 is 0 Å². The number of aromatic nitrogens is 1. The molecule has 2 aliphatic rings. The predicted octanol–water partition coefficient (Wildman–Crippen LogP) is 2.14. The molecule has 0 aromatic carbocycles. The van der Waals surface area contributed by atoms with Crippen molar-refractivity contribution in [1.29, 1.82) is 0 Å². The minimum Gasteiger partial charge on any atom is -0.383 e. The molecule has 6 heteroatoms. The number of ether oxygens (including phenoxy) is 1. The molecule has 0 radical (unpaired) electrons. The number of Topliss-reactive ketones (excluding diaryl/α,β-unsaturated/α-hetero) is 1. The van der Waals surface area contributed by atoms with Gasteiger partial charge < -0.3 is 14.5 Å². The number of amides is 1. The molecule has 136 valence electrons. The number of piperidine rings is 2. The van der Waals surface area contributed by atoms with Gasteiger partial charge in [0.1, 0.15) is 5.82 Å². The Kier molecular flexibility index (Phi) is 5.37. The molecule has 1 unspecified atom stereocenters. The fraction of sp³-hybridized carbons (Fsp3) is 0.632. The van der Waals surface area contributed by atoms with Crippen LogP contribution in [0.15, 0.2) is 18.3 Å². The number of rotatable bonds is 5. The molecule has 2 aliphatic heterocycles. The first-order valence-electron chi connectivity index (χ1n) is 9.02. The fourth-order valence-electron chi connectivity index (χ4n) is 4.03. The average molecular weight is 345 g/mol. The molecule has 1 spiro atoms. The molecular formula is C19H27N3O3. The molecule has 0 N–H and O–H groups in total. The summed E-state index contributed by atoms with van der Waals surface area (Å²) >= 11 is 0. The maximum absolute atomic E-state index is 12.2. The Morgan fingerprint density at radius 2 is 2.16 bits per heavy atom. The molecule has 2 saturated heterocycles. The predicted molar refractivity (Wildman–Crippen MR) is 95.8 cm³/mol. The topological polar surface area (TPSA) is 62.7 Å². The summed E-state index contributed by atoms with van der Waals surface area (Å²) in [6.07, 6.45) is 5.47. The number of pyridine rings is 1. The Morgan fingerprint density at radius 3 is 2.84 bits per heavy atom. The lowest BCUT2D eigenvalue weighted by Crippen LogP contribution is -2.54. The summed E-state index contributed by atoms with van der Waals surface area (Å²) in [5, 5.41) is 0. The van der Waals surface area contributed by atoms with E-state index in [2.05, 4.69) is 9.88 Å². The molecule has 2 fully saturated rings. The maximum atomic E-state index is 12.2. The number of methoxy groups -OCH3 is 1. The van der Waals surface area contributed by atoms with Crippen LogP contribution in [0.5, 0.6) is 0 Å². The van der Waals surface area contributed by atoms with Gasteiger partial charge in [-0.25, -0.2) is 4.98 Å². The second-order valence-corrected chi connectivity index (χ2v) is 7.29. The Bertz CT molecular complexity index is 631. The molecule has 6 nitrogen and oxygen atoms in total. The van der Waals surface area contributed by atoms with Crippen molar-refractivity contribution in [2.75, 3.05) is 44.8 Å². The van der Waals surface area contributed by atoms with Crippen molar-refractivity contribution < 1.29 is 14.3 Å². The van der Waals surface area contributed by atoms with Crippen LogP contribution in [0, 0.1) is 5.41 Å². The molecule has 1 atom stereocenters. The lowest BCUT2D eigenvalue weighted by Gasteiger charge is -2.48. The SMILES string of the molecule is COCCN1CC2(CCCN(c3ccc(C(C)=O)cn3)C2)CCC1=O. The van der Waals surface area contributed by atoms with E-state index in [1.54, 1.807) is 20.2 Å². The van der Waals surface area contributed by atoms with Gasteiger partial charge in [-0.05, 0) is 38.3 Å². The van der Waals surface area contributed by atoms with Gasteiger partial charge in [0.25, 0.3) is 0 Å². The van der Waals surface area contributed by atoms with Crippen molar-refractivity contribution in [3.8, 4) is 0 Å². The van der Waals surface area contributed by atoms with Crippen LogP contribution in [-0.4, -0.2) is 61.5 Å². The van der Waals surface area contributed by atoms with Gasteiger partial charge in [-0.2, -0.15) is 0 Å². The van der Waals surface area contributed by atoms with Crippen molar-refractivity contribution in [3.63, 3.8) is 0 Å². The normalized spacial score (nSPS) is 24.0. The zero-order valence-corrected chi connectivity index (χ0v) is 15.2. The monoisotopic (exact) mass is 345 g/mol. The van der Waals surface area contributed by atoms with Crippen LogP contribution in [0.4, 0.5) is 5.82 Å². The Labute approximate surface area is 149 Å². The van der Waals surface area contributed by atoms with Crippen LogP contribution in [0.2, 0.25) is 0 Å². The summed E-state index contributed by atoms with van der Waals surface area (Å²) in [7, 11) is 1.67.